The van der Waals surface area contributed by atoms with Crippen LogP contribution in [0.4, 0.5) is 0 Å². The van der Waals surface area contributed by atoms with Crippen molar-refractivity contribution >= 4 is 11.8 Å². The third-order valence-electron chi connectivity index (χ3n) is 5.62. The van der Waals surface area contributed by atoms with Crippen LogP contribution in [0.25, 0.3) is 0 Å². The van der Waals surface area contributed by atoms with Crippen LogP contribution < -0.4 is 15.2 Å². The molecule has 26 heavy (non-hydrogen) atoms. The highest BCUT2D eigenvalue weighted by Crippen LogP contribution is 2.45. The molecule has 1 aromatic rings. The van der Waals surface area contributed by atoms with Crippen LogP contribution in [0.5, 0.6) is 11.5 Å². The van der Waals surface area contributed by atoms with Gasteiger partial charge in [0.05, 0.1) is 19.8 Å². The molecule has 1 unspecified atom stereocenters. The van der Waals surface area contributed by atoms with Crippen molar-refractivity contribution in [3.8, 4) is 11.5 Å². The number of amides is 2. The van der Waals surface area contributed by atoms with Crippen molar-refractivity contribution in [3.05, 3.63) is 23.8 Å². The van der Waals surface area contributed by atoms with E-state index in [0.717, 1.165) is 25.7 Å². The van der Waals surface area contributed by atoms with Gasteiger partial charge in [0, 0.05) is 25.2 Å². The summed E-state index contributed by atoms with van der Waals surface area (Å²) in [5.41, 5.74) is 5.85. The second-order valence-corrected chi connectivity index (χ2v) is 6.92. The van der Waals surface area contributed by atoms with Gasteiger partial charge in [-0.1, -0.05) is 6.07 Å². The number of carbonyl (C=O) groups is 2. The molecule has 2 N–H and O–H groups in total. The van der Waals surface area contributed by atoms with Crippen LogP contribution in [-0.2, 0) is 9.53 Å². The van der Waals surface area contributed by atoms with E-state index in [4.69, 9.17) is 19.9 Å². The Morgan fingerprint density at radius 2 is 1.92 bits per heavy atom. The summed E-state index contributed by atoms with van der Waals surface area (Å²) in [6.07, 6.45) is 3.18. The molecule has 1 atom stereocenters. The zero-order valence-corrected chi connectivity index (χ0v) is 15.3. The molecule has 2 heterocycles. The SMILES string of the molecule is COc1cccc(C(=O)N2CCCC3(CCOCC3)C2C(N)=O)c1OC. The van der Waals surface area contributed by atoms with Gasteiger partial charge in [-0.3, -0.25) is 9.59 Å². The van der Waals surface area contributed by atoms with Gasteiger partial charge in [-0.25, -0.2) is 0 Å². The zero-order valence-electron chi connectivity index (χ0n) is 15.3. The third kappa shape index (κ3) is 3.11. The lowest BCUT2D eigenvalue weighted by molar-refractivity contribution is -0.134. The van der Waals surface area contributed by atoms with Crippen molar-refractivity contribution in [1.82, 2.24) is 4.90 Å². The first kappa shape index (κ1) is 18.5. The molecule has 2 aliphatic rings. The normalized spacial score (nSPS) is 22.1. The van der Waals surface area contributed by atoms with Gasteiger partial charge >= 0.3 is 0 Å². The van der Waals surface area contributed by atoms with E-state index in [0.29, 0.717) is 36.8 Å². The fourth-order valence-corrected chi connectivity index (χ4v) is 4.38. The highest BCUT2D eigenvalue weighted by atomic mass is 16.5. The van der Waals surface area contributed by atoms with Crippen molar-refractivity contribution in [2.24, 2.45) is 11.1 Å². The van der Waals surface area contributed by atoms with Gasteiger partial charge in [0.15, 0.2) is 11.5 Å². The van der Waals surface area contributed by atoms with Gasteiger partial charge in [-0.15, -0.1) is 0 Å². The number of nitrogens with zero attached hydrogens (tertiary/aromatic N) is 1. The number of carbonyl (C=O) groups excluding carboxylic acids is 2. The number of likely N-dealkylation sites (tertiary alicyclic amines) is 1. The summed E-state index contributed by atoms with van der Waals surface area (Å²) in [7, 11) is 3.02. The van der Waals surface area contributed by atoms with Crippen molar-refractivity contribution in [2.45, 2.75) is 31.7 Å². The molecule has 2 amide bonds. The summed E-state index contributed by atoms with van der Waals surface area (Å²) in [5, 5.41) is 0. The molecule has 2 fully saturated rings. The van der Waals surface area contributed by atoms with Gasteiger partial charge in [0.1, 0.15) is 6.04 Å². The monoisotopic (exact) mass is 362 g/mol. The predicted molar refractivity (Wildman–Crippen MR) is 95.3 cm³/mol. The third-order valence-corrected chi connectivity index (χ3v) is 5.62. The predicted octanol–water partition coefficient (Wildman–Crippen LogP) is 1.59. The van der Waals surface area contributed by atoms with E-state index < -0.39 is 11.9 Å². The molecular weight excluding hydrogens is 336 g/mol. The minimum Gasteiger partial charge on any atom is -0.493 e. The van der Waals surface area contributed by atoms with E-state index in [1.54, 1.807) is 23.1 Å². The number of nitrogens with two attached hydrogens (primary N) is 1. The minimum absolute atomic E-state index is 0.255. The molecular formula is C19H26N2O5. The summed E-state index contributed by atoms with van der Waals surface area (Å²) in [4.78, 5) is 27.3. The van der Waals surface area contributed by atoms with E-state index in [1.165, 1.54) is 14.2 Å². The largest absolute Gasteiger partial charge is 0.493 e. The molecule has 0 radical (unpaired) electrons. The van der Waals surface area contributed by atoms with Crippen molar-refractivity contribution in [2.75, 3.05) is 34.0 Å². The Bertz CT molecular complexity index is 679. The Kier molecular flexibility index (Phi) is 5.36. The molecule has 142 valence electrons. The lowest BCUT2D eigenvalue weighted by atomic mass is 9.67. The second kappa shape index (κ2) is 7.53. The van der Waals surface area contributed by atoms with Crippen LogP contribution in [0, 0.1) is 5.41 Å². The molecule has 2 aliphatic heterocycles. The minimum atomic E-state index is -0.636. The van der Waals surface area contributed by atoms with Gasteiger partial charge < -0.3 is 24.8 Å². The Labute approximate surface area is 153 Å². The lowest BCUT2D eigenvalue weighted by Gasteiger charge is -2.50. The number of ether oxygens (including phenoxy) is 3. The summed E-state index contributed by atoms with van der Waals surface area (Å²) in [6, 6.07) is 4.52. The maximum Gasteiger partial charge on any atom is 0.258 e. The molecule has 3 rings (SSSR count). The Balaban J connectivity index is 1.99. The van der Waals surface area contributed by atoms with Gasteiger partial charge in [0.25, 0.3) is 5.91 Å². The molecule has 0 saturated carbocycles. The first-order valence-electron chi connectivity index (χ1n) is 8.93. The van der Waals surface area contributed by atoms with E-state index in [2.05, 4.69) is 0 Å². The number of piperidine rings is 1. The molecule has 1 aromatic carbocycles. The second-order valence-electron chi connectivity index (χ2n) is 6.92. The zero-order chi connectivity index (χ0) is 18.7. The Hall–Kier alpha value is -2.28. The average molecular weight is 362 g/mol. The van der Waals surface area contributed by atoms with Crippen LogP contribution in [-0.4, -0.2) is 56.7 Å². The van der Waals surface area contributed by atoms with Crippen LogP contribution in [0.2, 0.25) is 0 Å². The van der Waals surface area contributed by atoms with Crippen molar-refractivity contribution < 1.29 is 23.8 Å². The summed E-state index contributed by atoms with van der Waals surface area (Å²) < 4.78 is 16.2. The van der Waals surface area contributed by atoms with Crippen LogP contribution in [0.1, 0.15) is 36.0 Å². The standard InChI is InChI=1S/C19H26N2O5/c1-24-14-6-3-5-13(15(14)25-2)18(23)21-10-4-7-19(16(21)17(20)22)8-11-26-12-9-19/h3,5-6,16H,4,7-12H2,1-2H3,(H2,20,22). The quantitative estimate of drug-likeness (QED) is 0.878. The number of hydrogen-bond acceptors (Lipinski definition) is 5. The molecule has 7 heteroatoms. The number of rotatable bonds is 4. The number of methoxy groups -OCH3 is 2. The topological polar surface area (TPSA) is 91.1 Å². The van der Waals surface area contributed by atoms with E-state index in [9.17, 15) is 9.59 Å². The number of para-hydroxylation sites is 1. The molecule has 0 aromatic heterocycles. The summed E-state index contributed by atoms with van der Waals surface area (Å²) >= 11 is 0. The molecule has 1 spiro atoms. The number of benzene rings is 1. The summed E-state index contributed by atoms with van der Waals surface area (Å²) in [6.45, 7) is 1.68. The average Bonchev–Trinajstić information content (AvgIpc) is 2.66. The number of primary amides is 1. The summed E-state index contributed by atoms with van der Waals surface area (Å²) in [5.74, 6) is 0.138. The fourth-order valence-electron chi connectivity index (χ4n) is 4.38. The lowest BCUT2D eigenvalue weighted by Crippen LogP contribution is -2.61. The van der Waals surface area contributed by atoms with Gasteiger partial charge in [-0.05, 0) is 37.8 Å². The van der Waals surface area contributed by atoms with Crippen LogP contribution in [0.15, 0.2) is 18.2 Å². The number of hydrogen-bond donors (Lipinski definition) is 1. The maximum absolute atomic E-state index is 13.3. The van der Waals surface area contributed by atoms with Crippen molar-refractivity contribution in [3.63, 3.8) is 0 Å². The highest BCUT2D eigenvalue weighted by molar-refractivity contribution is 6.00. The van der Waals surface area contributed by atoms with Crippen LogP contribution >= 0.6 is 0 Å². The molecule has 2 saturated heterocycles. The van der Waals surface area contributed by atoms with Crippen molar-refractivity contribution in [1.29, 1.82) is 0 Å². The Morgan fingerprint density at radius 1 is 1.19 bits per heavy atom. The highest BCUT2D eigenvalue weighted by Gasteiger charge is 2.50. The van der Waals surface area contributed by atoms with Gasteiger partial charge in [0.2, 0.25) is 5.91 Å². The first-order valence-corrected chi connectivity index (χ1v) is 8.93. The van der Waals surface area contributed by atoms with Gasteiger partial charge in [-0.2, -0.15) is 0 Å². The fraction of sp³-hybridized carbons (Fsp3) is 0.579. The van der Waals surface area contributed by atoms with E-state index >= 15 is 0 Å². The molecule has 7 nitrogen and oxygen atoms in total. The maximum atomic E-state index is 13.3. The first-order chi connectivity index (χ1) is 12.5. The Morgan fingerprint density at radius 3 is 2.54 bits per heavy atom. The van der Waals surface area contributed by atoms with E-state index in [1.807, 2.05) is 0 Å². The molecule has 0 aliphatic carbocycles. The smallest absolute Gasteiger partial charge is 0.258 e. The van der Waals surface area contributed by atoms with Crippen LogP contribution in [0.3, 0.4) is 0 Å². The molecule has 0 bridgehead atoms. The van der Waals surface area contributed by atoms with E-state index in [-0.39, 0.29) is 11.3 Å².